The van der Waals surface area contributed by atoms with Gasteiger partial charge >= 0.3 is 6.09 Å². The third kappa shape index (κ3) is 6.29. The lowest BCUT2D eigenvalue weighted by Gasteiger charge is -2.21. The summed E-state index contributed by atoms with van der Waals surface area (Å²) in [5.41, 5.74) is 3.68. The van der Waals surface area contributed by atoms with Crippen molar-refractivity contribution < 1.29 is 9.53 Å². The minimum atomic E-state index is -0.515. The van der Waals surface area contributed by atoms with Gasteiger partial charge in [-0.2, -0.15) is 0 Å². The summed E-state index contributed by atoms with van der Waals surface area (Å²) in [5.74, 6) is 0.724. The van der Waals surface area contributed by atoms with Crippen molar-refractivity contribution in [1.29, 1.82) is 0 Å². The van der Waals surface area contributed by atoms with E-state index in [2.05, 4.69) is 54.8 Å². The van der Waals surface area contributed by atoms with Crippen LogP contribution in [0, 0.1) is 5.92 Å². The molecule has 0 bridgehead atoms. The second-order valence-corrected chi connectivity index (χ2v) is 8.91. The zero-order valence-electron chi connectivity index (χ0n) is 18.2. The number of nitrogens with one attached hydrogen (secondary N) is 2. The minimum absolute atomic E-state index is 0.217. The van der Waals surface area contributed by atoms with E-state index in [9.17, 15) is 4.79 Å². The molecule has 3 unspecified atom stereocenters. The quantitative estimate of drug-likeness (QED) is 0.654. The summed E-state index contributed by atoms with van der Waals surface area (Å²) in [6, 6.07) is 8.39. The van der Waals surface area contributed by atoms with Crippen molar-refractivity contribution in [3.05, 3.63) is 53.8 Å². The Balaban J connectivity index is 1.77. The largest absolute Gasteiger partial charge is 0.444 e. The molecule has 0 aromatic heterocycles. The van der Waals surface area contributed by atoms with Gasteiger partial charge in [0.1, 0.15) is 5.60 Å². The van der Waals surface area contributed by atoms with Gasteiger partial charge in [-0.3, -0.25) is 10.3 Å². The lowest BCUT2D eigenvalue weighted by Crippen LogP contribution is -2.27. The molecule has 5 nitrogen and oxygen atoms in total. The topological polar surface area (TPSA) is 72.6 Å². The highest BCUT2D eigenvalue weighted by atomic mass is 16.6. The molecule has 3 rings (SSSR count). The van der Waals surface area contributed by atoms with Crippen LogP contribution < -0.4 is 10.6 Å². The van der Waals surface area contributed by atoms with Gasteiger partial charge < -0.3 is 10.1 Å². The number of hydrogen-bond acceptors (Lipinski definition) is 4. The molecule has 0 radical (unpaired) electrons. The predicted octanol–water partition coefficient (Wildman–Crippen LogP) is 5.42. The van der Waals surface area contributed by atoms with Gasteiger partial charge in [0, 0.05) is 23.9 Å². The van der Waals surface area contributed by atoms with Gasteiger partial charge in [0.15, 0.2) is 0 Å². The van der Waals surface area contributed by atoms with Crippen LogP contribution in [0.5, 0.6) is 0 Å². The van der Waals surface area contributed by atoms with Gasteiger partial charge in [-0.25, -0.2) is 4.79 Å². The van der Waals surface area contributed by atoms with E-state index in [1.165, 1.54) is 5.56 Å². The van der Waals surface area contributed by atoms with Crippen LogP contribution in [0.4, 0.5) is 10.5 Å². The minimum Gasteiger partial charge on any atom is -0.444 e. The van der Waals surface area contributed by atoms with Gasteiger partial charge in [-0.15, -0.1) is 0 Å². The van der Waals surface area contributed by atoms with Crippen molar-refractivity contribution in [2.45, 2.75) is 65.0 Å². The lowest BCUT2D eigenvalue weighted by molar-refractivity contribution is 0.0636. The monoisotopic (exact) mass is 395 g/mol. The molecule has 1 saturated heterocycles. The van der Waals surface area contributed by atoms with E-state index in [0.29, 0.717) is 12.0 Å². The van der Waals surface area contributed by atoms with Gasteiger partial charge in [0.05, 0.1) is 11.7 Å². The smallest absolute Gasteiger partial charge is 0.412 e. The Morgan fingerprint density at radius 1 is 1.31 bits per heavy atom. The van der Waals surface area contributed by atoms with Crippen LogP contribution in [-0.4, -0.2) is 30.0 Å². The number of allylic oxidation sites excluding steroid dienone is 3. The van der Waals surface area contributed by atoms with Crippen LogP contribution >= 0.6 is 0 Å². The second kappa shape index (κ2) is 8.95. The standard InChI is InChI=1S/C24H33N3O2/c1-6-19(20-13-7-16(2)8-14-21(27-20)22-15-25-22)17-9-11-18(12-10-17)26-23(28)29-24(3,4)5/h7,9-14,16,19,22,25H,6,8,15H2,1-5H3,(H,26,28)/b13-7-,21-14+,27-20+. The maximum Gasteiger partial charge on any atom is 0.412 e. The molecule has 2 aliphatic heterocycles. The Labute approximate surface area is 174 Å². The summed E-state index contributed by atoms with van der Waals surface area (Å²) < 4.78 is 5.32. The normalized spacial score (nSPS) is 27.3. The highest BCUT2D eigenvalue weighted by Crippen LogP contribution is 2.28. The molecule has 5 heteroatoms. The number of anilines is 1. The van der Waals surface area contributed by atoms with E-state index in [4.69, 9.17) is 9.73 Å². The molecule has 0 saturated carbocycles. The van der Waals surface area contributed by atoms with E-state index in [1.54, 1.807) is 0 Å². The van der Waals surface area contributed by atoms with Crippen molar-refractivity contribution in [1.82, 2.24) is 5.32 Å². The van der Waals surface area contributed by atoms with Crippen LogP contribution in [0.2, 0.25) is 0 Å². The van der Waals surface area contributed by atoms with Gasteiger partial charge in [-0.1, -0.05) is 38.1 Å². The van der Waals surface area contributed by atoms with Crippen LogP contribution in [0.15, 0.2) is 53.2 Å². The highest BCUT2D eigenvalue weighted by Gasteiger charge is 2.27. The van der Waals surface area contributed by atoms with Gasteiger partial charge in [-0.05, 0) is 63.3 Å². The van der Waals surface area contributed by atoms with Gasteiger partial charge in [0.2, 0.25) is 0 Å². The fourth-order valence-corrected chi connectivity index (χ4v) is 3.40. The average Bonchev–Trinajstić information content (AvgIpc) is 3.46. The molecule has 3 atom stereocenters. The first kappa shape index (κ1) is 21.3. The Morgan fingerprint density at radius 3 is 2.59 bits per heavy atom. The molecule has 1 fully saturated rings. The van der Waals surface area contributed by atoms with E-state index in [-0.39, 0.29) is 5.92 Å². The number of hydrogen-bond donors (Lipinski definition) is 2. The SMILES string of the molecule is CCC(C1=N/C(C2CN2)=C/CC(C)/C=C\1)c1ccc(NC(=O)OC(C)(C)C)cc1. The summed E-state index contributed by atoms with van der Waals surface area (Å²) in [7, 11) is 0. The van der Waals surface area contributed by atoms with Crippen molar-refractivity contribution in [2.75, 3.05) is 11.9 Å². The highest BCUT2D eigenvalue weighted by molar-refractivity contribution is 6.01. The number of rotatable bonds is 5. The predicted molar refractivity (Wildman–Crippen MR) is 120 cm³/mol. The maximum absolute atomic E-state index is 12.0. The first-order valence-electron chi connectivity index (χ1n) is 10.6. The third-order valence-corrected chi connectivity index (χ3v) is 5.04. The molecule has 2 heterocycles. The van der Waals surface area contributed by atoms with Crippen LogP contribution in [0.25, 0.3) is 0 Å². The lowest BCUT2D eigenvalue weighted by atomic mass is 9.89. The molecule has 0 spiro atoms. The molecule has 1 aromatic rings. The summed E-state index contributed by atoms with van der Waals surface area (Å²) in [5, 5.41) is 6.17. The number of aliphatic imine (C=N–C) groups is 1. The Kier molecular flexibility index (Phi) is 6.58. The maximum atomic E-state index is 12.0. The van der Waals surface area contributed by atoms with E-state index >= 15 is 0 Å². The molecule has 2 N–H and O–H groups in total. The summed E-state index contributed by atoms with van der Waals surface area (Å²) >= 11 is 0. The number of ether oxygens (including phenoxy) is 1. The second-order valence-electron chi connectivity index (χ2n) is 8.91. The Morgan fingerprint density at radius 2 is 2.00 bits per heavy atom. The Hall–Kier alpha value is -2.40. The summed E-state index contributed by atoms with van der Waals surface area (Å²) in [6.45, 7) is 11.0. The first-order chi connectivity index (χ1) is 13.7. The van der Waals surface area contributed by atoms with E-state index in [0.717, 1.165) is 36.5 Å². The molecule has 1 amide bonds. The first-order valence-corrected chi connectivity index (χ1v) is 10.6. The molecular weight excluding hydrogens is 362 g/mol. The van der Waals surface area contributed by atoms with Crippen LogP contribution in [0.3, 0.4) is 0 Å². The van der Waals surface area contributed by atoms with Gasteiger partial charge in [0.25, 0.3) is 0 Å². The molecule has 2 aliphatic rings. The van der Waals surface area contributed by atoms with E-state index < -0.39 is 11.7 Å². The summed E-state index contributed by atoms with van der Waals surface area (Å²) in [4.78, 5) is 17.0. The molecule has 156 valence electrons. The van der Waals surface area contributed by atoms with Crippen LogP contribution in [0.1, 0.15) is 58.9 Å². The molecule has 1 aromatic carbocycles. The number of carbonyl (C=O) groups is 1. The zero-order chi connectivity index (χ0) is 21.0. The van der Waals surface area contributed by atoms with Crippen molar-refractivity contribution in [3.63, 3.8) is 0 Å². The number of carbonyl (C=O) groups excluding carboxylic acids is 1. The average molecular weight is 396 g/mol. The van der Waals surface area contributed by atoms with Crippen molar-refractivity contribution in [3.8, 4) is 0 Å². The van der Waals surface area contributed by atoms with Crippen molar-refractivity contribution in [2.24, 2.45) is 10.9 Å². The Bertz CT molecular complexity index is 812. The van der Waals surface area contributed by atoms with E-state index in [1.807, 2.05) is 32.9 Å². The van der Waals surface area contributed by atoms with Crippen molar-refractivity contribution >= 4 is 17.5 Å². The number of amides is 1. The summed E-state index contributed by atoms with van der Waals surface area (Å²) in [6.07, 6.45) is 8.28. The van der Waals surface area contributed by atoms with Crippen LogP contribution in [-0.2, 0) is 4.74 Å². The molecule has 29 heavy (non-hydrogen) atoms. The number of benzene rings is 1. The fraction of sp³-hybridized carbons (Fsp3) is 0.500. The number of nitrogens with zero attached hydrogens (tertiary/aromatic N) is 1. The zero-order valence-corrected chi connectivity index (χ0v) is 18.2. The fourth-order valence-electron chi connectivity index (χ4n) is 3.40. The molecular formula is C24H33N3O2. The third-order valence-electron chi connectivity index (χ3n) is 5.04. The molecule has 0 aliphatic carbocycles.